The van der Waals surface area contributed by atoms with E-state index in [9.17, 15) is 9.50 Å². The van der Waals surface area contributed by atoms with E-state index in [0.29, 0.717) is 5.92 Å². The molecule has 1 aliphatic carbocycles. The van der Waals surface area contributed by atoms with Crippen molar-refractivity contribution in [1.29, 1.82) is 0 Å². The number of hydrogen-bond donors (Lipinski definition) is 1. The number of rotatable bonds is 7. The van der Waals surface area contributed by atoms with E-state index in [1.54, 1.807) is 0 Å². The highest BCUT2D eigenvalue weighted by atomic mass is 19.1. The molecule has 2 aromatic carbocycles. The van der Waals surface area contributed by atoms with Gasteiger partial charge in [0.1, 0.15) is 12.0 Å². The molecule has 2 aliphatic rings. The Morgan fingerprint density at radius 3 is 2.67 bits per heavy atom. The summed E-state index contributed by atoms with van der Waals surface area (Å²) >= 11 is 0. The Bertz CT molecular complexity index is 996. The van der Waals surface area contributed by atoms with Gasteiger partial charge in [0.05, 0.1) is 18.2 Å². The van der Waals surface area contributed by atoms with Crippen LogP contribution >= 0.6 is 0 Å². The number of benzene rings is 2. The van der Waals surface area contributed by atoms with E-state index in [1.165, 1.54) is 23.3 Å². The van der Waals surface area contributed by atoms with Crippen LogP contribution < -0.4 is 0 Å². The maximum atomic E-state index is 13.2. The molecule has 2 unspecified atom stereocenters. The number of aliphatic hydroxyl groups is 1. The maximum absolute atomic E-state index is 13.2. The molecule has 2 fully saturated rings. The summed E-state index contributed by atoms with van der Waals surface area (Å²) in [5.74, 6) is 0.240. The normalized spacial score (nSPS) is 20.5. The lowest BCUT2D eigenvalue weighted by Gasteiger charge is -2.31. The van der Waals surface area contributed by atoms with E-state index in [0.717, 1.165) is 56.5 Å². The molecule has 1 aromatic heterocycles. The van der Waals surface area contributed by atoms with Crippen molar-refractivity contribution >= 4 is 0 Å². The lowest BCUT2D eigenvalue weighted by Crippen LogP contribution is -2.36. The zero-order chi connectivity index (χ0) is 20.5. The molecule has 1 saturated heterocycles. The molecule has 0 amide bonds. The van der Waals surface area contributed by atoms with Crippen LogP contribution in [0.1, 0.15) is 42.9 Å². The third kappa shape index (κ3) is 3.92. The van der Waals surface area contributed by atoms with Crippen LogP contribution in [0.2, 0.25) is 0 Å². The minimum absolute atomic E-state index is 0.203. The van der Waals surface area contributed by atoms with Gasteiger partial charge in [-0.3, -0.25) is 4.90 Å². The lowest BCUT2D eigenvalue weighted by atomic mass is 9.96. The number of imidazole rings is 1. The fraction of sp³-hybridized carbons (Fsp3) is 0.400. The number of aryl methyl sites for hydroxylation is 2. The van der Waals surface area contributed by atoms with Crippen molar-refractivity contribution in [3.63, 3.8) is 0 Å². The Morgan fingerprint density at radius 2 is 1.87 bits per heavy atom. The Labute approximate surface area is 177 Å². The summed E-state index contributed by atoms with van der Waals surface area (Å²) < 4.78 is 15.4. The van der Waals surface area contributed by atoms with Gasteiger partial charge in [0.25, 0.3) is 0 Å². The van der Waals surface area contributed by atoms with E-state index in [2.05, 4.69) is 38.7 Å². The van der Waals surface area contributed by atoms with Gasteiger partial charge in [-0.15, -0.1) is 0 Å². The highest BCUT2D eigenvalue weighted by Crippen LogP contribution is 2.43. The predicted molar refractivity (Wildman–Crippen MR) is 115 cm³/mol. The first kappa shape index (κ1) is 19.5. The molecule has 3 aromatic rings. The quantitative estimate of drug-likeness (QED) is 0.614. The van der Waals surface area contributed by atoms with Gasteiger partial charge < -0.3 is 9.67 Å². The molecule has 0 radical (unpaired) electrons. The number of hydrogen-bond acceptors (Lipinski definition) is 3. The summed E-state index contributed by atoms with van der Waals surface area (Å²) in [4.78, 5) is 6.73. The molecule has 5 heteroatoms. The van der Waals surface area contributed by atoms with Crippen molar-refractivity contribution < 1.29 is 9.50 Å². The van der Waals surface area contributed by atoms with E-state index in [1.807, 2.05) is 24.7 Å². The molecule has 1 N–H and O–H groups in total. The summed E-state index contributed by atoms with van der Waals surface area (Å²) in [5, 5.41) is 10.8. The number of aromatic nitrogens is 2. The summed E-state index contributed by atoms with van der Waals surface area (Å²) in [6.07, 6.45) is 8.78. The molecule has 1 aliphatic heterocycles. The van der Waals surface area contributed by atoms with E-state index in [4.69, 9.17) is 0 Å². The first-order valence-corrected chi connectivity index (χ1v) is 11.0. The summed E-state index contributed by atoms with van der Waals surface area (Å²) in [6.45, 7) is 1.74. The standard InChI is InChI=1S/C25H28FN3O/c26-20-11-7-18(8-12-20)13-15-28-17-27-16-24(28)22-5-2-1-4-21(22)23-6-3-14-29(23)25(30)19-9-10-19/h1-2,4-5,7-8,11-12,16-17,19,23,25,30H,3,6,9-10,13-15H2. The molecular weight excluding hydrogens is 377 g/mol. The smallest absolute Gasteiger partial charge is 0.123 e. The number of nitrogens with zero attached hydrogens (tertiary/aromatic N) is 3. The zero-order valence-electron chi connectivity index (χ0n) is 17.1. The van der Waals surface area contributed by atoms with Crippen LogP contribution in [0.5, 0.6) is 0 Å². The minimum atomic E-state index is -0.325. The van der Waals surface area contributed by atoms with Crippen LogP contribution in [-0.2, 0) is 13.0 Å². The van der Waals surface area contributed by atoms with E-state index in [-0.39, 0.29) is 18.1 Å². The molecule has 0 spiro atoms. The highest BCUT2D eigenvalue weighted by molar-refractivity contribution is 5.64. The van der Waals surface area contributed by atoms with Gasteiger partial charge in [-0.25, -0.2) is 9.37 Å². The van der Waals surface area contributed by atoms with Gasteiger partial charge in [0, 0.05) is 24.7 Å². The third-order valence-electron chi connectivity index (χ3n) is 6.54. The van der Waals surface area contributed by atoms with Crippen molar-refractivity contribution in [3.8, 4) is 11.3 Å². The van der Waals surface area contributed by atoms with Crippen molar-refractivity contribution in [2.24, 2.45) is 5.92 Å². The van der Waals surface area contributed by atoms with Gasteiger partial charge in [0.15, 0.2) is 0 Å². The molecule has 0 bridgehead atoms. The molecule has 1 saturated carbocycles. The second-order valence-electron chi connectivity index (χ2n) is 8.58. The van der Waals surface area contributed by atoms with Gasteiger partial charge in [0.2, 0.25) is 0 Å². The minimum Gasteiger partial charge on any atom is -0.378 e. The lowest BCUT2D eigenvalue weighted by molar-refractivity contribution is -0.0217. The molecule has 2 heterocycles. The summed E-state index contributed by atoms with van der Waals surface area (Å²) in [7, 11) is 0. The highest BCUT2D eigenvalue weighted by Gasteiger charge is 2.40. The van der Waals surface area contributed by atoms with Crippen LogP contribution in [0.4, 0.5) is 4.39 Å². The number of likely N-dealkylation sites (tertiary alicyclic amines) is 1. The van der Waals surface area contributed by atoms with Gasteiger partial charge in [-0.05, 0) is 61.3 Å². The summed E-state index contributed by atoms with van der Waals surface area (Å²) in [5.41, 5.74) is 4.67. The topological polar surface area (TPSA) is 41.3 Å². The molecule has 4 nitrogen and oxygen atoms in total. The largest absolute Gasteiger partial charge is 0.378 e. The first-order valence-electron chi connectivity index (χ1n) is 11.0. The molecular formula is C25H28FN3O. The fourth-order valence-electron chi connectivity index (χ4n) is 4.75. The molecule has 30 heavy (non-hydrogen) atoms. The second kappa shape index (κ2) is 8.32. The summed E-state index contributed by atoms with van der Waals surface area (Å²) in [6, 6.07) is 15.5. The zero-order valence-corrected chi connectivity index (χ0v) is 17.1. The van der Waals surface area contributed by atoms with Gasteiger partial charge in [-0.2, -0.15) is 0 Å². The van der Waals surface area contributed by atoms with Crippen LogP contribution in [0.3, 0.4) is 0 Å². The average Bonchev–Trinajstić information content (AvgIpc) is 3.32. The molecule has 156 valence electrons. The van der Waals surface area contributed by atoms with Crippen molar-refractivity contribution in [2.45, 2.75) is 50.9 Å². The second-order valence-corrected chi connectivity index (χ2v) is 8.58. The number of halogens is 1. The van der Waals surface area contributed by atoms with Gasteiger partial charge in [-0.1, -0.05) is 36.4 Å². The molecule has 5 rings (SSSR count). The number of aliphatic hydroxyl groups excluding tert-OH is 1. The maximum Gasteiger partial charge on any atom is 0.123 e. The van der Waals surface area contributed by atoms with Crippen molar-refractivity contribution in [3.05, 3.63) is 78.0 Å². The SMILES string of the molecule is OC(C1CC1)N1CCCC1c1ccccc1-c1cncn1CCc1ccc(F)cc1. The van der Waals surface area contributed by atoms with Crippen LogP contribution in [0, 0.1) is 11.7 Å². The van der Waals surface area contributed by atoms with Crippen LogP contribution in [0.15, 0.2) is 61.1 Å². The monoisotopic (exact) mass is 405 g/mol. The van der Waals surface area contributed by atoms with E-state index < -0.39 is 0 Å². The predicted octanol–water partition coefficient (Wildman–Crippen LogP) is 4.80. The van der Waals surface area contributed by atoms with Crippen LogP contribution in [-0.4, -0.2) is 32.3 Å². The third-order valence-corrected chi connectivity index (χ3v) is 6.54. The Kier molecular flexibility index (Phi) is 5.40. The fourth-order valence-corrected chi connectivity index (χ4v) is 4.75. The van der Waals surface area contributed by atoms with E-state index >= 15 is 0 Å². The Hall–Kier alpha value is -2.50. The average molecular weight is 406 g/mol. The van der Waals surface area contributed by atoms with Crippen LogP contribution in [0.25, 0.3) is 11.3 Å². The first-order chi connectivity index (χ1) is 14.7. The Morgan fingerprint density at radius 1 is 1.07 bits per heavy atom. The Balaban J connectivity index is 1.40. The van der Waals surface area contributed by atoms with Crippen molar-refractivity contribution in [1.82, 2.24) is 14.5 Å². The molecule has 2 atom stereocenters. The van der Waals surface area contributed by atoms with Gasteiger partial charge >= 0.3 is 0 Å². The van der Waals surface area contributed by atoms with Crippen molar-refractivity contribution in [2.75, 3.05) is 6.54 Å².